The van der Waals surface area contributed by atoms with Gasteiger partial charge in [0.15, 0.2) is 0 Å². The summed E-state index contributed by atoms with van der Waals surface area (Å²) in [4.78, 5) is 26.2. The minimum absolute atomic E-state index is 0.0488. The van der Waals surface area contributed by atoms with Crippen molar-refractivity contribution in [2.75, 3.05) is 25.0 Å². The lowest BCUT2D eigenvalue weighted by atomic mass is 9.96. The number of carbonyl (C=O) groups excluding carboxylic acids is 2. The van der Waals surface area contributed by atoms with Crippen LogP contribution in [-0.4, -0.2) is 42.4 Å². The van der Waals surface area contributed by atoms with Crippen molar-refractivity contribution in [3.05, 3.63) is 29.8 Å². The summed E-state index contributed by atoms with van der Waals surface area (Å²) in [6.07, 6.45) is -1.14. The zero-order valence-electron chi connectivity index (χ0n) is 16.3. The molecule has 1 heterocycles. The molecule has 0 aliphatic carbocycles. The van der Waals surface area contributed by atoms with Crippen molar-refractivity contribution in [2.24, 2.45) is 5.92 Å². The van der Waals surface area contributed by atoms with Gasteiger partial charge in [-0.3, -0.25) is 14.5 Å². The molecule has 1 saturated heterocycles. The second kappa shape index (κ2) is 9.91. The number of nitrogens with zero attached hydrogens (tertiary/aromatic N) is 1. The van der Waals surface area contributed by atoms with Crippen molar-refractivity contribution in [1.82, 2.24) is 10.2 Å². The van der Waals surface area contributed by atoms with E-state index in [9.17, 15) is 22.8 Å². The molecule has 2 rings (SSSR count). The van der Waals surface area contributed by atoms with Crippen LogP contribution in [0.2, 0.25) is 0 Å². The molecule has 5 nitrogen and oxygen atoms in total. The first-order chi connectivity index (χ1) is 13.2. The molecule has 2 amide bonds. The van der Waals surface area contributed by atoms with Crippen LogP contribution in [0.25, 0.3) is 0 Å². The lowest BCUT2D eigenvalue weighted by molar-refractivity contribution is -0.137. The maximum atomic E-state index is 12.6. The summed E-state index contributed by atoms with van der Waals surface area (Å²) in [5.74, 6) is 0.0824. The maximum absolute atomic E-state index is 12.6. The Balaban J connectivity index is 1.87. The summed E-state index contributed by atoms with van der Waals surface area (Å²) in [6.45, 7) is 5.83. The first kappa shape index (κ1) is 22.2. The molecule has 0 radical (unpaired) electrons. The largest absolute Gasteiger partial charge is 0.416 e. The highest BCUT2D eigenvalue weighted by molar-refractivity contribution is 5.94. The Bertz CT molecular complexity index is 662. The highest BCUT2D eigenvalue weighted by atomic mass is 19.4. The lowest BCUT2D eigenvalue weighted by Gasteiger charge is -2.36. The number of hydrogen-bond acceptors (Lipinski definition) is 3. The van der Waals surface area contributed by atoms with Gasteiger partial charge in [-0.05, 0) is 62.9 Å². The predicted octanol–water partition coefficient (Wildman–Crippen LogP) is 3.66. The number of amides is 2. The second-order valence-corrected chi connectivity index (χ2v) is 7.30. The Kier molecular flexibility index (Phi) is 7.86. The molecule has 0 saturated carbocycles. The average molecular weight is 399 g/mol. The number of likely N-dealkylation sites (tertiary alicyclic amines) is 1. The van der Waals surface area contributed by atoms with E-state index in [4.69, 9.17) is 0 Å². The fraction of sp³-hybridized carbons (Fsp3) is 0.600. The summed E-state index contributed by atoms with van der Waals surface area (Å²) in [5.41, 5.74) is -0.409. The fourth-order valence-corrected chi connectivity index (χ4v) is 3.34. The third-order valence-electron chi connectivity index (χ3n) is 5.02. The SMILES string of the molecule is CCCC(=O)NCC1CCCN(C(C)C(=O)Nc2ccc(C(F)(F)F)cc2)C1. The molecule has 1 aliphatic heterocycles. The molecule has 1 fully saturated rings. The lowest BCUT2D eigenvalue weighted by Crippen LogP contribution is -2.48. The van der Waals surface area contributed by atoms with Gasteiger partial charge in [0, 0.05) is 25.2 Å². The Hall–Kier alpha value is -2.09. The highest BCUT2D eigenvalue weighted by Crippen LogP contribution is 2.30. The predicted molar refractivity (Wildman–Crippen MR) is 102 cm³/mol. The van der Waals surface area contributed by atoms with Gasteiger partial charge in [-0.25, -0.2) is 0 Å². The molecule has 8 heteroatoms. The molecule has 1 aromatic carbocycles. The monoisotopic (exact) mass is 399 g/mol. The van der Waals surface area contributed by atoms with Gasteiger partial charge in [-0.15, -0.1) is 0 Å². The topological polar surface area (TPSA) is 61.4 Å². The molecule has 0 spiro atoms. The number of hydrogen-bond donors (Lipinski definition) is 2. The summed E-state index contributed by atoms with van der Waals surface area (Å²) in [6, 6.07) is 4.02. The normalized spacial score (nSPS) is 19.1. The van der Waals surface area contributed by atoms with Gasteiger partial charge in [0.05, 0.1) is 11.6 Å². The van der Waals surface area contributed by atoms with Gasteiger partial charge in [0.2, 0.25) is 11.8 Å². The summed E-state index contributed by atoms with van der Waals surface area (Å²) < 4.78 is 37.9. The minimum Gasteiger partial charge on any atom is -0.356 e. The van der Waals surface area contributed by atoms with E-state index in [2.05, 4.69) is 15.5 Å². The average Bonchev–Trinajstić information content (AvgIpc) is 2.66. The summed E-state index contributed by atoms with van der Waals surface area (Å²) in [5, 5.41) is 5.62. The van der Waals surface area contributed by atoms with Crippen LogP contribution in [0.4, 0.5) is 18.9 Å². The van der Waals surface area contributed by atoms with Crippen molar-refractivity contribution < 1.29 is 22.8 Å². The second-order valence-electron chi connectivity index (χ2n) is 7.30. The van der Waals surface area contributed by atoms with E-state index in [1.54, 1.807) is 6.92 Å². The van der Waals surface area contributed by atoms with Crippen LogP contribution in [0.15, 0.2) is 24.3 Å². The van der Waals surface area contributed by atoms with Crippen molar-refractivity contribution in [3.8, 4) is 0 Å². The Labute approximate surface area is 163 Å². The zero-order valence-corrected chi connectivity index (χ0v) is 16.3. The van der Waals surface area contributed by atoms with Crippen molar-refractivity contribution in [1.29, 1.82) is 0 Å². The Morgan fingerprint density at radius 1 is 1.25 bits per heavy atom. The molecule has 1 aliphatic rings. The zero-order chi connectivity index (χ0) is 20.7. The van der Waals surface area contributed by atoms with Crippen LogP contribution < -0.4 is 10.6 Å². The number of piperidine rings is 1. The molecule has 2 atom stereocenters. The maximum Gasteiger partial charge on any atom is 0.416 e. The Morgan fingerprint density at radius 2 is 1.93 bits per heavy atom. The number of nitrogens with one attached hydrogen (secondary N) is 2. The van der Waals surface area contributed by atoms with Gasteiger partial charge < -0.3 is 10.6 Å². The smallest absolute Gasteiger partial charge is 0.356 e. The molecule has 0 aromatic heterocycles. The third-order valence-corrected chi connectivity index (χ3v) is 5.02. The van der Waals surface area contributed by atoms with E-state index in [1.807, 2.05) is 6.92 Å². The van der Waals surface area contributed by atoms with Crippen LogP contribution in [0.5, 0.6) is 0 Å². The van der Waals surface area contributed by atoms with Gasteiger partial charge in [0.1, 0.15) is 0 Å². The van der Waals surface area contributed by atoms with E-state index >= 15 is 0 Å². The molecule has 28 heavy (non-hydrogen) atoms. The fourth-order valence-electron chi connectivity index (χ4n) is 3.34. The quantitative estimate of drug-likeness (QED) is 0.736. The van der Waals surface area contributed by atoms with Gasteiger partial charge in [0.25, 0.3) is 0 Å². The molecular weight excluding hydrogens is 371 g/mol. The van der Waals surface area contributed by atoms with Crippen LogP contribution in [0.1, 0.15) is 45.1 Å². The van der Waals surface area contributed by atoms with Crippen LogP contribution in [0, 0.1) is 5.92 Å². The molecule has 0 bridgehead atoms. The highest BCUT2D eigenvalue weighted by Gasteiger charge is 2.30. The van der Waals surface area contributed by atoms with Gasteiger partial charge in [-0.2, -0.15) is 13.2 Å². The van der Waals surface area contributed by atoms with Crippen LogP contribution in [0.3, 0.4) is 0 Å². The summed E-state index contributed by atoms with van der Waals surface area (Å²) in [7, 11) is 0. The van der Waals surface area contributed by atoms with Crippen molar-refractivity contribution >= 4 is 17.5 Å². The van der Waals surface area contributed by atoms with Crippen LogP contribution in [-0.2, 0) is 15.8 Å². The number of benzene rings is 1. The van der Waals surface area contributed by atoms with E-state index in [0.29, 0.717) is 25.2 Å². The van der Waals surface area contributed by atoms with E-state index in [0.717, 1.165) is 37.9 Å². The standard InChI is InChI=1S/C20H28F3N3O2/c1-3-5-18(27)24-12-15-6-4-11-26(13-15)14(2)19(28)25-17-9-7-16(8-10-17)20(21,22)23/h7-10,14-15H,3-6,11-13H2,1-2H3,(H,24,27)(H,25,28). The molecular formula is C20H28F3N3O2. The number of rotatable bonds is 7. The van der Waals surface area contributed by atoms with Crippen molar-refractivity contribution in [2.45, 2.75) is 51.7 Å². The number of anilines is 1. The van der Waals surface area contributed by atoms with Gasteiger partial charge in [-0.1, -0.05) is 6.92 Å². The number of halogens is 3. The molecule has 2 N–H and O–H groups in total. The first-order valence-electron chi connectivity index (χ1n) is 9.69. The van der Waals surface area contributed by atoms with E-state index in [1.165, 1.54) is 12.1 Å². The van der Waals surface area contributed by atoms with Crippen LogP contribution >= 0.6 is 0 Å². The summed E-state index contributed by atoms with van der Waals surface area (Å²) >= 11 is 0. The van der Waals surface area contributed by atoms with Gasteiger partial charge >= 0.3 is 6.18 Å². The van der Waals surface area contributed by atoms with E-state index < -0.39 is 17.8 Å². The molecule has 2 unspecified atom stereocenters. The third kappa shape index (κ3) is 6.51. The number of carbonyl (C=O) groups is 2. The van der Waals surface area contributed by atoms with E-state index in [-0.39, 0.29) is 17.7 Å². The number of alkyl halides is 3. The minimum atomic E-state index is -4.40. The Morgan fingerprint density at radius 3 is 2.54 bits per heavy atom. The molecule has 156 valence electrons. The molecule has 1 aromatic rings. The first-order valence-corrected chi connectivity index (χ1v) is 9.69. The van der Waals surface area contributed by atoms with Crippen molar-refractivity contribution in [3.63, 3.8) is 0 Å².